The number of aryl methyl sites for hydroxylation is 1. The summed E-state index contributed by atoms with van der Waals surface area (Å²) in [5, 5.41) is 0. The highest BCUT2D eigenvalue weighted by atomic mass is 16.1. The van der Waals surface area contributed by atoms with Gasteiger partial charge >= 0.3 is 0 Å². The number of nitrogens with two attached hydrogens (primary N) is 1. The van der Waals surface area contributed by atoms with Crippen molar-refractivity contribution in [3.05, 3.63) is 53.9 Å². The molecule has 1 amide bonds. The number of benzene rings is 1. The van der Waals surface area contributed by atoms with Crippen molar-refractivity contribution < 1.29 is 4.79 Å². The van der Waals surface area contributed by atoms with Gasteiger partial charge in [0, 0.05) is 30.4 Å². The average Bonchev–Trinajstić information content (AvgIpc) is 2.56. The van der Waals surface area contributed by atoms with Crippen LogP contribution in [0.5, 0.6) is 0 Å². The van der Waals surface area contributed by atoms with E-state index in [9.17, 15) is 4.79 Å². The first-order chi connectivity index (χ1) is 11.1. The van der Waals surface area contributed by atoms with Crippen LogP contribution >= 0.6 is 0 Å². The van der Waals surface area contributed by atoms with Gasteiger partial charge in [-0.2, -0.15) is 0 Å². The number of aromatic nitrogens is 1. The Morgan fingerprint density at radius 2 is 2.00 bits per heavy atom. The average molecular weight is 309 g/mol. The fourth-order valence-electron chi connectivity index (χ4n) is 3.19. The number of amides is 1. The molecule has 1 aromatic carbocycles. The van der Waals surface area contributed by atoms with E-state index in [1.165, 1.54) is 16.7 Å². The van der Waals surface area contributed by atoms with E-state index in [0.717, 1.165) is 38.0 Å². The Morgan fingerprint density at radius 1 is 1.22 bits per heavy atom. The number of nitrogens with zero attached hydrogens (tertiary/aromatic N) is 2. The molecule has 0 unspecified atom stereocenters. The fraction of sp³-hybridized carbons (Fsp3) is 0.368. The Labute approximate surface area is 137 Å². The quantitative estimate of drug-likeness (QED) is 0.944. The summed E-state index contributed by atoms with van der Waals surface area (Å²) in [6.45, 7) is 4.81. The number of pyridine rings is 1. The third-order valence-corrected chi connectivity index (χ3v) is 4.54. The second kappa shape index (κ2) is 6.92. The van der Waals surface area contributed by atoms with Crippen LogP contribution in [-0.4, -0.2) is 28.9 Å². The maximum Gasteiger partial charge on any atom is 0.220 e. The molecule has 1 fully saturated rings. The molecule has 0 bridgehead atoms. The zero-order valence-electron chi connectivity index (χ0n) is 13.5. The summed E-state index contributed by atoms with van der Waals surface area (Å²) in [6.07, 6.45) is 5.57. The minimum atomic E-state index is -0.159. The lowest BCUT2D eigenvalue weighted by Crippen LogP contribution is -2.38. The SMILES string of the molecule is Cc1cccc(-c2cncc(CN3CCC(C(N)=O)CC3)c2)c1. The van der Waals surface area contributed by atoms with E-state index >= 15 is 0 Å². The minimum Gasteiger partial charge on any atom is -0.369 e. The van der Waals surface area contributed by atoms with Crippen molar-refractivity contribution in [1.82, 2.24) is 9.88 Å². The summed E-state index contributed by atoms with van der Waals surface area (Å²) in [4.78, 5) is 18.0. The van der Waals surface area contributed by atoms with Crippen molar-refractivity contribution in [2.75, 3.05) is 13.1 Å². The summed E-state index contributed by atoms with van der Waals surface area (Å²) >= 11 is 0. The molecule has 120 valence electrons. The molecule has 23 heavy (non-hydrogen) atoms. The molecule has 4 heteroatoms. The lowest BCUT2D eigenvalue weighted by Gasteiger charge is -2.30. The molecule has 4 nitrogen and oxygen atoms in total. The van der Waals surface area contributed by atoms with Crippen LogP contribution in [0.1, 0.15) is 24.0 Å². The van der Waals surface area contributed by atoms with E-state index in [0.29, 0.717) is 0 Å². The van der Waals surface area contributed by atoms with Crippen LogP contribution in [0.3, 0.4) is 0 Å². The summed E-state index contributed by atoms with van der Waals surface area (Å²) in [5.41, 5.74) is 10.2. The van der Waals surface area contributed by atoms with Crippen molar-refractivity contribution in [2.24, 2.45) is 11.7 Å². The van der Waals surface area contributed by atoms with Crippen molar-refractivity contribution in [1.29, 1.82) is 0 Å². The van der Waals surface area contributed by atoms with Gasteiger partial charge in [0.15, 0.2) is 0 Å². The Morgan fingerprint density at radius 3 is 2.70 bits per heavy atom. The first-order valence-corrected chi connectivity index (χ1v) is 8.14. The smallest absolute Gasteiger partial charge is 0.220 e. The van der Waals surface area contributed by atoms with Gasteiger partial charge in [0.05, 0.1) is 0 Å². The molecule has 0 atom stereocenters. The Kier molecular flexibility index (Phi) is 4.72. The van der Waals surface area contributed by atoms with E-state index < -0.39 is 0 Å². The van der Waals surface area contributed by atoms with Crippen molar-refractivity contribution >= 4 is 5.91 Å². The van der Waals surface area contributed by atoms with Crippen LogP contribution in [0.25, 0.3) is 11.1 Å². The summed E-state index contributed by atoms with van der Waals surface area (Å²) in [6, 6.07) is 10.7. The second-order valence-corrected chi connectivity index (χ2v) is 6.40. The van der Waals surface area contributed by atoms with Gasteiger partial charge in [-0.15, -0.1) is 0 Å². The third kappa shape index (κ3) is 3.96. The maximum atomic E-state index is 11.2. The number of piperidine rings is 1. The van der Waals surface area contributed by atoms with Crippen LogP contribution in [0, 0.1) is 12.8 Å². The highest BCUT2D eigenvalue weighted by molar-refractivity contribution is 5.76. The van der Waals surface area contributed by atoms with Crippen LogP contribution in [-0.2, 0) is 11.3 Å². The predicted molar refractivity (Wildman–Crippen MR) is 91.6 cm³/mol. The number of carbonyl (C=O) groups is 1. The summed E-state index contributed by atoms with van der Waals surface area (Å²) < 4.78 is 0. The van der Waals surface area contributed by atoms with Gasteiger partial charge < -0.3 is 5.73 Å². The molecule has 0 saturated carbocycles. The third-order valence-electron chi connectivity index (χ3n) is 4.54. The maximum absolute atomic E-state index is 11.2. The van der Waals surface area contributed by atoms with Crippen molar-refractivity contribution in [3.8, 4) is 11.1 Å². The standard InChI is InChI=1S/C19H23N3O/c1-14-3-2-4-17(9-14)18-10-15(11-21-12-18)13-22-7-5-16(6-8-22)19(20)23/h2-4,9-12,16H,5-8,13H2,1H3,(H2,20,23). The normalized spacial score (nSPS) is 16.4. The molecule has 1 aliphatic heterocycles. The van der Waals surface area contributed by atoms with Gasteiger partial charge in [0.2, 0.25) is 5.91 Å². The monoisotopic (exact) mass is 309 g/mol. The number of hydrogen-bond donors (Lipinski definition) is 1. The van der Waals surface area contributed by atoms with E-state index in [-0.39, 0.29) is 11.8 Å². The highest BCUT2D eigenvalue weighted by Gasteiger charge is 2.23. The first kappa shape index (κ1) is 15.7. The fourth-order valence-corrected chi connectivity index (χ4v) is 3.19. The van der Waals surface area contributed by atoms with Gasteiger partial charge in [-0.3, -0.25) is 14.7 Å². The van der Waals surface area contributed by atoms with E-state index in [1.807, 2.05) is 12.4 Å². The van der Waals surface area contributed by atoms with Gasteiger partial charge in [-0.05, 0) is 50.0 Å². The Bertz CT molecular complexity index is 691. The topological polar surface area (TPSA) is 59.2 Å². The van der Waals surface area contributed by atoms with Crippen LogP contribution in [0.4, 0.5) is 0 Å². The number of likely N-dealkylation sites (tertiary alicyclic amines) is 1. The van der Waals surface area contributed by atoms with Gasteiger partial charge in [0.25, 0.3) is 0 Å². The van der Waals surface area contributed by atoms with Crippen molar-refractivity contribution in [3.63, 3.8) is 0 Å². The zero-order chi connectivity index (χ0) is 16.2. The van der Waals surface area contributed by atoms with E-state index in [4.69, 9.17) is 5.73 Å². The molecule has 1 saturated heterocycles. The molecule has 2 aromatic rings. The van der Waals surface area contributed by atoms with E-state index in [2.05, 4.69) is 47.1 Å². The molecule has 2 N–H and O–H groups in total. The molecule has 0 radical (unpaired) electrons. The van der Waals surface area contributed by atoms with Gasteiger partial charge in [-0.25, -0.2) is 0 Å². The zero-order valence-corrected chi connectivity index (χ0v) is 13.5. The molecular weight excluding hydrogens is 286 g/mol. The Balaban J connectivity index is 1.68. The highest BCUT2D eigenvalue weighted by Crippen LogP contribution is 2.22. The summed E-state index contributed by atoms with van der Waals surface area (Å²) in [7, 11) is 0. The van der Waals surface area contributed by atoms with Crippen molar-refractivity contribution in [2.45, 2.75) is 26.3 Å². The number of primary amides is 1. The summed E-state index contributed by atoms with van der Waals surface area (Å²) in [5.74, 6) is -0.115. The van der Waals surface area contributed by atoms with Crippen LogP contribution < -0.4 is 5.73 Å². The number of hydrogen-bond acceptors (Lipinski definition) is 3. The molecule has 1 aromatic heterocycles. The largest absolute Gasteiger partial charge is 0.369 e. The second-order valence-electron chi connectivity index (χ2n) is 6.40. The molecule has 2 heterocycles. The van der Waals surface area contributed by atoms with Gasteiger partial charge in [0.1, 0.15) is 0 Å². The Hall–Kier alpha value is -2.20. The first-order valence-electron chi connectivity index (χ1n) is 8.14. The molecule has 0 spiro atoms. The van der Waals surface area contributed by atoms with Crippen LogP contribution in [0.2, 0.25) is 0 Å². The van der Waals surface area contributed by atoms with Gasteiger partial charge in [-0.1, -0.05) is 29.8 Å². The molecule has 1 aliphatic rings. The van der Waals surface area contributed by atoms with E-state index in [1.54, 1.807) is 0 Å². The number of carbonyl (C=O) groups excluding carboxylic acids is 1. The molecule has 3 rings (SSSR count). The minimum absolute atomic E-state index is 0.0444. The van der Waals surface area contributed by atoms with Crippen LogP contribution in [0.15, 0.2) is 42.7 Å². The lowest BCUT2D eigenvalue weighted by molar-refractivity contribution is -0.123. The lowest BCUT2D eigenvalue weighted by atomic mass is 9.96. The predicted octanol–water partition coefficient (Wildman–Crippen LogP) is 2.75. The molecular formula is C19H23N3O. The number of rotatable bonds is 4. The molecule has 0 aliphatic carbocycles.